The van der Waals surface area contributed by atoms with E-state index in [0.29, 0.717) is 18.1 Å². The van der Waals surface area contributed by atoms with Crippen molar-refractivity contribution in [3.8, 4) is 5.75 Å². The van der Waals surface area contributed by atoms with Crippen molar-refractivity contribution in [3.05, 3.63) is 24.3 Å². The number of carbonyl (C=O) groups is 1. The Kier molecular flexibility index (Phi) is 4.00. The number of piperazine rings is 1. The molecule has 4 saturated carbocycles. The van der Waals surface area contributed by atoms with E-state index in [0.717, 1.165) is 49.6 Å². The summed E-state index contributed by atoms with van der Waals surface area (Å²) in [6, 6.07) is 7.56. The van der Waals surface area contributed by atoms with E-state index >= 15 is 0 Å². The molecule has 0 aromatic heterocycles. The molecule has 1 saturated heterocycles. The average Bonchev–Trinajstić information content (AvgIpc) is 2.62. The zero-order valence-corrected chi connectivity index (χ0v) is 15.6. The zero-order valence-electron chi connectivity index (χ0n) is 15.6. The molecule has 4 nitrogen and oxygen atoms in total. The largest absolute Gasteiger partial charge is 0.506 e. The molecule has 4 heteroatoms. The summed E-state index contributed by atoms with van der Waals surface area (Å²) in [5, 5.41) is 10.1. The number of carbonyl (C=O) groups excluding carboxylic acids is 1. The fraction of sp³-hybridized carbons (Fsp3) is 0.682. The topological polar surface area (TPSA) is 43.8 Å². The second-order valence-corrected chi connectivity index (χ2v) is 9.37. The molecule has 0 atom stereocenters. The molecule has 1 aromatic carbocycles. The average molecular weight is 354 g/mol. The highest BCUT2D eigenvalue weighted by molar-refractivity contribution is 5.87. The lowest BCUT2D eigenvalue weighted by molar-refractivity contribution is -0.145. The van der Waals surface area contributed by atoms with E-state index < -0.39 is 0 Å². The number of phenolic OH excluding ortho intramolecular Hbond substituents is 1. The Bertz CT molecular complexity index is 658. The first-order chi connectivity index (χ1) is 12.6. The number of aromatic hydroxyl groups is 1. The molecule has 5 fully saturated rings. The zero-order chi connectivity index (χ0) is 17.7. The van der Waals surface area contributed by atoms with Crippen LogP contribution in [0.25, 0.3) is 0 Å². The third-order valence-electron chi connectivity index (χ3n) is 7.59. The van der Waals surface area contributed by atoms with E-state index in [-0.39, 0.29) is 5.41 Å². The van der Waals surface area contributed by atoms with Gasteiger partial charge in [-0.15, -0.1) is 0 Å². The molecule has 1 heterocycles. The van der Waals surface area contributed by atoms with E-state index in [4.69, 9.17) is 0 Å². The van der Waals surface area contributed by atoms with Crippen LogP contribution in [0.2, 0.25) is 0 Å². The van der Waals surface area contributed by atoms with E-state index in [1.165, 1.54) is 38.5 Å². The Morgan fingerprint density at radius 1 is 0.962 bits per heavy atom. The van der Waals surface area contributed by atoms with Crippen LogP contribution in [0.4, 0.5) is 5.69 Å². The summed E-state index contributed by atoms with van der Waals surface area (Å²) in [7, 11) is 0. The van der Waals surface area contributed by atoms with Gasteiger partial charge in [-0.1, -0.05) is 12.1 Å². The Balaban J connectivity index is 1.21. The third kappa shape index (κ3) is 2.83. The van der Waals surface area contributed by atoms with Crippen LogP contribution >= 0.6 is 0 Å². The van der Waals surface area contributed by atoms with Crippen molar-refractivity contribution >= 4 is 11.5 Å². The number of nitrogens with zero attached hydrogens (tertiary/aromatic N) is 2. The minimum atomic E-state index is 0.0313. The molecule has 5 aliphatic rings. The molecule has 4 aliphatic carbocycles. The highest BCUT2D eigenvalue weighted by Crippen LogP contribution is 2.60. The van der Waals surface area contributed by atoms with E-state index in [9.17, 15) is 9.90 Å². The predicted octanol–water partition coefficient (Wildman–Crippen LogP) is 3.30. The number of para-hydroxylation sites is 2. The highest BCUT2D eigenvalue weighted by Gasteiger charge is 2.54. The summed E-state index contributed by atoms with van der Waals surface area (Å²) in [5.74, 6) is 3.40. The fourth-order valence-electron chi connectivity index (χ4n) is 6.70. The van der Waals surface area contributed by atoms with Gasteiger partial charge in [-0.2, -0.15) is 0 Å². The van der Waals surface area contributed by atoms with Gasteiger partial charge in [-0.25, -0.2) is 0 Å². The molecule has 0 radical (unpaired) electrons. The van der Waals surface area contributed by atoms with Gasteiger partial charge in [0, 0.05) is 31.6 Å². The van der Waals surface area contributed by atoms with Crippen LogP contribution in [-0.4, -0.2) is 48.5 Å². The SMILES string of the molecule is O=C(CN1CCN(c2ccccc2O)CC1)C12CC3CC(CC(C3)C1)C2. The van der Waals surface area contributed by atoms with E-state index in [2.05, 4.69) is 9.80 Å². The molecule has 26 heavy (non-hydrogen) atoms. The first kappa shape index (κ1) is 16.6. The molecule has 140 valence electrons. The van der Waals surface area contributed by atoms with E-state index in [1.807, 2.05) is 18.2 Å². The van der Waals surface area contributed by atoms with Gasteiger partial charge in [0.2, 0.25) is 0 Å². The minimum Gasteiger partial charge on any atom is -0.506 e. The Morgan fingerprint density at radius 3 is 2.12 bits per heavy atom. The second kappa shape index (κ2) is 6.26. The molecule has 4 bridgehead atoms. The van der Waals surface area contributed by atoms with Crippen LogP contribution in [-0.2, 0) is 4.79 Å². The smallest absolute Gasteiger partial charge is 0.152 e. The minimum absolute atomic E-state index is 0.0313. The Morgan fingerprint density at radius 2 is 1.54 bits per heavy atom. The van der Waals surface area contributed by atoms with Crippen molar-refractivity contribution in [1.82, 2.24) is 4.90 Å². The van der Waals surface area contributed by atoms with Crippen LogP contribution in [0, 0.1) is 23.2 Å². The summed E-state index contributed by atoms with van der Waals surface area (Å²) >= 11 is 0. The molecular weight excluding hydrogens is 324 g/mol. The van der Waals surface area contributed by atoms with Gasteiger partial charge in [0.05, 0.1) is 12.2 Å². The molecule has 1 N–H and O–H groups in total. The Labute approximate surface area is 156 Å². The van der Waals surface area contributed by atoms with Crippen molar-refractivity contribution in [2.75, 3.05) is 37.6 Å². The van der Waals surface area contributed by atoms with Crippen molar-refractivity contribution in [3.63, 3.8) is 0 Å². The lowest BCUT2D eigenvalue weighted by Crippen LogP contribution is -2.54. The van der Waals surface area contributed by atoms with Crippen LogP contribution in [0.3, 0.4) is 0 Å². The monoisotopic (exact) mass is 354 g/mol. The third-order valence-corrected chi connectivity index (χ3v) is 7.59. The van der Waals surface area contributed by atoms with Gasteiger partial charge in [0.25, 0.3) is 0 Å². The molecule has 0 unspecified atom stereocenters. The van der Waals surface area contributed by atoms with Crippen LogP contribution in [0.5, 0.6) is 5.75 Å². The van der Waals surface area contributed by atoms with Crippen molar-refractivity contribution in [1.29, 1.82) is 0 Å². The Hall–Kier alpha value is -1.55. The number of rotatable bonds is 4. The second-order valence-electron chi connectivity index (χ2n) is 9.37. The lowest BCUT2D eigenvalue weighted by Gasteiger charge is -2.56. The maximum Gasteiger partial charge on any atom is 0.152 e. The summed E-state index contributed by atoms with van der Waals surface area (Å²) in [6.07, 6.45) is 7.71. The standard InChI is InChI=1S/C22H30N2O2/c25-20-4-2-1-3-19(20)24-7-5-23(6-8-24)15-21(26)22-12-16-9-17(13-22)11-18(10-16)14-22/h1-4,16-18,25H,5-15H2. The summed E-state index contributed by atoms with van der Waals surface area (Å²) < 4.78 is 0. The highest BCUT2D eigenvalue weighted by atomic mass is 16.3. The summed E-state index contributed by atoms with van der Waals surface area (Å²) in [5.41, 5.74) is 0.948. The number of hydrogen-bond donors (Lipinski definition) is 1. The number of ketones is 1. The molecule has 1 aromatic rings. The number of anilines is 1. The quantitative estimate of drug-likeness (QED) is 0.901. The number of Topliss-reactive ketones (excluding diaryl/α,β-unsaturated/α-hetero) is 1. The van der Waals surface area contributed by atoms with Crippen LogP contribution in [0.1, 0.15) is 38.5 Å². The maximum absolute atomic E-state index is 13.3. The summed E-state index contributed by atoms with van der Waals surface area (Å²) in [6.45, 7) is 4.22. The number of benzene rings is 1. The fourth-order valence-corrected chi connectivity index (χ4v) is 6.70. The predicted molar refractivity (Wildman–Crippen MR) is 102 cm³/mol. The molecular formula is C22H30N2O2. The molecule has 6 rings (SSSR count). The number of hydrogen-bond acceptors (Lipinski definition) is 4. The van der Waals surface area contributed by atoms with Gasteiger partial charge >= 0.3 is 0 Å². The van der Waals surface area contributed by atoms with E-state index in [1.54, 1.807) is 6.07 Å². The molecule has 0 amide bonds. The lowest BCUT2D eigenvalue weighted by atomic mass is 9.48. The first-order valence-corrected chi connectivity index (χ1v) is 10.4. The summed E-state index contributed by atoms with van der Waals surface area (Å²) in [4.78, 5) is 17.9. The van der Waals surface area contributed by atoms with Crippen LogP contribution < -0.4 is 4.90 Å². The molecule has 0 spiro atoms. The van der Waals surface area contributed by atoms with Crippen molar-refractivity contribution < 1.29 is 9.90 Å². The normalized spacial score (nSPS) is 36.5. The number of phenols is 1. The first-order valence-electron chi connectivity index (χ1n) is 10.4. The van der Waals surface area contributed by atoms with Crippen molar-refractivity contribution in [2.45, 2.75) is 38.5 Å². The van der Waals surface area contributed by atoms with Gasteiger partial charge in [-0.3, -0.25) is 9.69 Å². The van der Waals surface area contributed by atoms with Gasteiger partial charge in [0.15, 0.2) is 5.78 Å². The van der Waals surface area contributed by atoms with Gasteiger partial charge in [-0.05, 0) is 68.4 Å². The maximum atomic E-state index is 13.3. The van der Waals surface area contributed by atoms with Crippen molar-refractivity contribution in [2.24, 2.45) is 23.2 Å². The molecule has 1 aliphatic heterocycles. The van der Waals surface area contributed by atoms with Gasteiger partial charge in [0.1, 0.15) is 5.75 Å². The van der Waals surface area contributed by atoms with Crippen LogP contribution in [0.15, 0.2) is 24.3 Å². The van der Waals surface area contributed by atoms with Gasteiger partial charge < -0.3 is 10.0 Å².